The Morgan fingerprint density at radius 3 is 2.10 bits per heavy atom. The minimum Gasteiger partial charge on any atom is -0.323 e. The maximum Gasteiger partial charge on any atom is 0.161 e. The molecule has 1 atom stereocenters. The summed E-state index contributed by atoms with van der Waals surface area (Å²) in [6, 6.07) is 10.3. The number of hydrogen-bond acceptors (Lipinski definition) is 1. The van der Waals surface area contributed by atoms with Gasteiger partial charge in [0.15, 0.2) is 11.6 Å². The number of hydrogen-bond donors (Lipinski definition) is 1. The molecule has 4 heteroatoms. The van der Waals surface area contributed by atoms with Crippen LogP contribution in [0.5, 0.6) is 0 Å². The molecule has 0 aromatic heterocycles. The third-order valence-electron chi connectivity index (χ3n) is 4.11. The molecule has 20 heavy (non-hydrogen) atoms. The van der Waals surface area contributed by atoms with Crippen molar-refractivity contribution in [3.05, 3.63) is 71.0 Å². The topological polar surface area (TPSA) is 26.0 Å². The second-order valence-corrected chi connectivity index (χ2v) is 5.29. The second kappa shape index (κ2) is 4.63. The Kier molecular flexibility index (Phi) is 3.05. The third-order valence-corrected chi connectivity index (χ3v) is 4.11. The molecule has 1 fully saturated rings. The lowest BCUT2D eigenvalue weighted by Gasteiger charge is -2.24. The predicted octanol–water partition coefficient (Wildman–Crippen LogP) is 3.84. The quantitative estimate of drug-likeness (QED) is 0.848. The summed E-state index contributed by atoms with van der Waals surface area (Å²) in [5, 5.41) is 0. The van der Waals surface area contributed by atoms with E-state index in [0.717, 1.165) is 24.5 Å². The van der Waals surface area contributed by atoms with Crippen LogP contribution < -0.4 is 5.73 Å². The van der Waals surface area contributed by atoms with E-state index in [1.165, 1.54) is 0 Å². The standard InChI is InChI=1S/C16H14F3N/c17-12-9-14(19)13(18)8-11(12)15(20)16(6-7-16)10-4-2-1-3-5-10/h1-5,8-9,15H,6-7,20H2. The highest BCUT2D eigenvalue weighted by molar-refractivity contribution is 5.38. The van der Waals surface area contributed by atoms with Crippen LogP contribution in [0.2, 0.25) is 0 Å². The fourth-order valence-electron chi connectivity index (χ4n) is 2.76. The van der Waals surface area contributed by atoms with Crippen LogP contribution in [0, 0.1) is 17.5 Å². The van der Waals surface area contributed by atoms with Crippen LogP contribution in [0.1, 0.15) is 30.0 Å². The molecule has 2 aromatic carbocycles. The van der Waals surface area contributed by atoms with Crippen molar-refractivity contribution in [3.8, 4) is 0 Å². The molecule has 1 unspecified atom stereocenters. The molecule has 0 heterocycles. The molecule has 2 N–H and O–H groups in total. The molecule has 1 aliphatic carbocycles. The second-order valence-electron chi connectivity index (χ2n) is 5.29. The van der Waals surface area contributed by atoms with Crippen LogP contribution in [0.3, 0.4) is 0 Å². The first kappa shape index (κ1) is 13.2. The molecule has 0 amide bonds. The summed E-state index contributed by atoms with van der Waals surface area (Å²) in [5.41, 5.74) is 6.83. The van der Waals surface area contributed by atoms with Gasteiger partial charge in [0.25, 0.3) is 0 Å². The Bertz CT molecular complexity index is 636. The molecule has 104 valence electrons. The van der Waals surface area contributed by atoms with Gasteiger partial charge in [-0.05, 0) is 24.5 Å². The van der Waals surface area contributed by atoms with Gasteiger partial charge in [0, 0.05) is 23.1 Å². The molecule has 0 aliphatic heterocycles. The minimum atomic E-state index is -1.19. The highest BCUT2D eigenvalue weighted by atomic mass is 19.2. The fraction of sp³-hybridized carbons (Fsp3) is 0.250. The lowest BCUT2D eigenvalue weighted by atomic mass is 9.84. The van der Waals surface area contributed by atoms with E-state index < -0.39 is 23.5 Å². The molecular formula is C16H14F3N. The molecule has 0 radical (unpaired) electrons. The largest absolute Gasteiger partial charge is 0.323 e. The first-order chi connectivity index (χ1) is 9.54. The van der Waals surface area contributed by atoms with Crippen LogP contribution in [0.4, 0.5) is 13.2 Å². The van der Waals surface area contributed by atoms with Gasteiger partial charge >= 0.3 is 0 Å². The zero-order valence-corrected chi connectivity index (χ0v) is 10.7. The summed E-state index contributed by atoms with van der Waals surface area (Å²) < 4.78 is 40.2. The Labute approximate surface area is 115 Å². The van der Waals surface area contributed by atoms with E-state index in [9.17, 15) is 13.2 Å². The van der Waals surface area contributed by atoms with Gasteiger partial charge in [-0.1, -0.05) is 30.3 Å². The normalized spacial score (nSPS) is 17.8. The van der Waals surface area contributed by atoms with Crippen molar-refractivity contribution in [2.24, 2.45) is 5.73 Å². The molecule has 1 nitrogen and oxygen atoms in total. The van der Waals surface area contributed by atoms with Crippen molar-refractivity contribution in [2.45, 2.75) is 24.3 Å². The van der Waals surface area contributed by atoms with E-state index in [2.05, 4.69) is 0 Å². The van der Waals surface area contributed by atoms with E-state index in [1.807, 2.05) is 30.3 Å². The van der Waals surface area contributed by atoms with Gasteiger partial charge in [-0.25, -0.2) is 13.2 Å². The SMILES string of the molecule is NC(c1cc(F)c(F)cc1F)C1(c2ccccc2)CC1. The van der Waals surface area contributed by atoms with Gasteiger partial charge in [-0.15, -0.1) is 0 Å². The number of nitrogens with two attached hydrogens (primary N) is 1. The summed E-state index contributed by atoms with van der Waals surface area (Å²) in [4.78, 5) is 0. The van der Waals surface area contributed by atoms with Crippen LogP contribution in [0.15, 0.2) is 42.5 Å². The predicted molar refractivity (Wildman–Crippen MR) is 70.6 cm³/mol. The number of halogens is 3. The van der Waals surface area contributed by atoms with Crippen LogP contribution in [-0.4, -0.2) is 0 Å². The van der Waals surface area contributed by atoms with Gasteiger partial charge < -0.3 is 5.73 Å². The summed E-state index contributed by atoms with van der Waals surface area (Å²) in [6.07, 6.45) is 1.63. The smallest absolute Gasteiger partial charge is 0.161 e. The van der Waals surface area contributed by atoms with Gasteiger partial charge in [0.05, 0.1) is 0 Å². The van der Waals surface area contributed by atoms with E-state index in [0.29, 0.717) is 6.07 Å². The molecular weight excluding hydrogens is 263 g/mol. The third kappa shape index (κ3) is 2.00. The average Bonchev–Trinajstić information content (AvgIpc) is 3.25. The van der Waals surface area contributed by atoms with Crippen molar-refractivity contribution in [2.75, 3.05) is 0 Å². The molecule has 3 rings (SSSR count). The maximum atomic E-state index is 13.9. The highest BCUT2D eigenvalue weighted by Gasteiger charge is 2.50. The highest BCUT2D eigenvalue weighted by Crippen LogP contribution is 2.55. The summed E-state index contributed by atoms with van der Waals surface area (Å²) in [5.74, 6) is -3.05. The van der Waals surface area contributed by atoms with Crippen LogP contribution >= 0.6 is 0 Å². The zero-order chi connectivity index (χ0) is 14.3. The van der Waals surface area contributed by atoms with Gasteiger partial charge in [-0.3, -0.25) is 0 Å². The average molecular weight is 277 g/mol. The van der Waals surface area contributed by atoms with Crippen LogP contribution in [0.25, 0.3) is 0 Å². The molecule has 0 bridgehead atoms. The Morgan fingerprint density at radius 2 is 1.50 bits per heavy atom. The maximum absolute atomic E-state index is 13.9. The fourth-order valence-corrected chi connectivity index (χ4v) is 2.76. The van der Waals surface area contributed by atoms with Crippen molar-refractivity contribution in [1.29, 1.82) is 0 Å². The Hall–Kier alpha value is -1.81. The molecule has 2 aromatic rings. The zero-order valence-electron chi connectivity index (χ0n) is 10.7. The lowest BCUT2D eigenvalue weighted by molar-refractivity contribution is 0.465. The molecule has 1 saturated carbocycles. The van der Waals surface area contributed by atoms with Crippen molar-refractivity contribution in [3.63, 3.8) is 0 Å². The van der Waals surface area contributed by atoms with E-state index in [4.69, 9.17) is 5.73 Å². The molecule has 1 aliphatic rings. The summed E-state index contributed by atoms with van der Waals surface area (Å²) >= 11 is 0. The number of rotatable bonds is 3. The van der Waals surface area contributed by atoms with Crippen molar-refractivity contribution < 1.29 is 13.2 Å². The van der Waals surface area contributed by atoms with Gasteiger partial charge in [-0.2, -0.15) is 0 Å². The van der Waals surface area contributed by atoms with Crippen molar-refractivity contribution >= 4 is 0 Å². The minimum absolute atomic E-state index is 0.0326. The van der Waals surface area contributed by atoms with Crippen LogP contribution in [-0.2, 0) is 5.41 Å². The van der Waals surface area contributed by atoms with Crippen molar-refractivity contribution in [1.82, 2.24) is 0 Å². The van der Waals surface area contributed by atoms with E-state index in [-0.39, 0.29) is 11.0 Å². The first-order valence-electron chi connectivity index (χ1n) is 6.50. The monoisotopic (exact) mass is 277 g/mol. The van der Waals surface area contributed by atoms with Gasteiger partial charge in [0.1, 0.15) is 5.82 Å². The lowest BCUT2D eigenvalue weighted by Crippen LogP contribution is -2.27. The van der Waals surface area contributed by atoms with E-state index in [1.54, 1.807) is 0 Å². The first-order valence-corrected chi connectivity index (χ1v) is 6.50. The Balaban J connectivity index is 2.01. The number of benzene rings is 2. The molecule has 0 spiro atoms. The van der Waals surface area contributed by atoms with Gasteiger partial charge in [0.2, 0.25) is 0 Å². The molecule has 0 saturated heterocycles. The Morgan fingerprint density at radius 1 is 0.900 bits per heavy atom. The summed E-state index contributed by atoms with van der Waals surface area (Å²) in [7, 11) is 0. The van der Waals surface area contributed by atoms with E-state index >= 15 is 0 Å². The summed E-state index contributed by atoms with van der Waals surface area (Å²) in [6.45, 7) is 0.